The van der Waals surface area contributed by atoms with Gasteiger partial charge in [0.15, 0.2) is 0 Å². The van der Waals surface area contributed by atoms with E-state index in [0.717, 1.165) is 23.3 Å². The number of carbonyl (C=O) groups is 3. The van der Waals surface area contributed by atoms with Crippen LogP contribution in [0, 0.1) is 23.2 Å². The molecule has 2 atom stereocenters. The summed E-state index contributed by atoms with van der Waals surface area (Å²) in [5, 5.41) is 3.76. The van der Waals surface area contributed by atoms with Crippen LogP contribution in [0.5, 0.6) is 0 Å². The van der Waals surface area contributed by atoms with Crippen LogP contribution in [0.1, 0.15) is 80.6 Å². The highest BCUT2D eigenvalue weighted by Crippen LogP contribution is 2.65. The van der Waals surface area contributed by atoms with Crippen LogP contribution in [0.4, 0.5) is 9.80 Å². The Morgan fingerprint density at radius 2 is 1.85 bits per heavy atom. The van der Waals surface area contributed by atoms with Gasteiger partial charge in [0.1, 0.15) is 10.6 Å². The lowest BCUT2D eigenvalue weighted by atomic mass is 9.75. The van der Waals surface area contributed by atoms with Gasteiger partial charge in [0, 0.05) is 17.0 Å². The monoisotopic (exact) mass is 474 g/mol. The fourth-order valence-corrected chi connectivity index (χ4v) is 7.95. The zero-order chi connectivity index (χ0) is 23.5. The van der Waals surface area contributed by atoms with Crippen molar-refractivity contribution in [3.8, 4) is 0 Å². The molecule has 1 aromatic heterocycles. The second-order valence-corrected chi connectivity index (χ2v) is 12.3. The highest BCUT2D eigenvalue weighted by Gasteiger charge is 2.61. The molecule has 2 heterocycles. The van der Waals surface area contributed by atoms with Crippen molar-refractivity contribution in [2.45, 2.75) is 78.4 Å². The number of carbonyl (C=O) groups excluding carboxylic acids is 3. The normalized spacial score (nSPS) is 29.7. The molecule has 4 fully saturated rings. The van der Waals surface area contributed by atoms with Crippen LogP contribution < -0.4 is 5.32 Å². The van der Waals surface area contributed by atoms with E-state index in [2.05, 4.69) is 5.32 Å². The van der Waals surface area contributed by atoms with Crippen LogP contribution >= 0.6 is 11.3 Å². The number of hydrogen-bond acceptors (Lipinski definition) is 6. The molecule has 0 saturated heterocycles. The van der Waals surface area contributed by atoms with Gasteiger partial charge in [0.2, 0.25) is 5.91 Å². The summed E-state index contributed by atoms with van der Waals surface area (Å²) in [5.41, 5.74) is 0.328. The predicted octanol–water partition coefficient (Wildman–Crippen LogP) is 4.98. The average molecular weight is 475 g/mol. The average Bonchev–Trinajstić information content (AvgIpc) is 3.29. The smallest absolute Gasteiger partial charge is 0.410 e. The highest BCUT2D eigenvalue weighted by molar-refractivity contribution is 7.17. The molecule has 8 heteroatoms. The minimum absolute atomic E-state index is 0.0744. The number of esters is 1. The fourth-order valence-electron chi connectivity index (χ4n) is 6.77. The zero-order valence-corrected chi connectivity index (χ0v) is 20.8. The molecule has 1 N–H and O–H groups in total. The molecule has 1 aliphatic heterocycles. The molecule has 4 aliphatic carbocycles. The number of nitrogens with one attached hydrogen (secondary N) is 1. The first-order valence-corrected chi connectivity index (χ1v) is 13.0. The van der Waals surface area contributed by atoms with Crippen molar-refractivity contribution in [1.29, 1.82) is 0 Å². The summed E-state index contributed by atoms with van der Waals surface area (Å²) in [6, 6.07) is 0. The highest BCUT2D eigenvalue weighted by atomic mass is 32.1. The minimum Gasteiger partial charge on any atom is -0.462 e. The van der Waals surface area contributed by atoms with Gasteiger partial charge in [-0.3, -0.25) is 4.79 Å². The predicted molar refractivity (Wildman–Crippen MR) is 125 cm³/mol. The SMILES string of the molecule is CCOC(=O)c1c(NC(=O)C23CC4CC(CC2C4)C3)sc2c1CN(C(=O)OC(C)(C)C)CC2. The second-order valence-electron chi connectivity index (χ2n) is 11.2. The topological polar surface area (TPSA) is 84.9 Å². The maximum absolute atomic E-state index is 13.6. The number of rotatable bonds is 4. The second kappa shape index (κ2) is 8.00. The van der Waals surface area contributed by atoms with E-state index in [1.807, 2.05) is 20.8 Å². The first-order chi connectivity index (χ1) is 15.6. The molecular weight excluding hydrogens is 440 g/mol. The van der Waals surface area contributed by atoms with E-state index < -0.39 is 17.7 Å². The van der Waals surface area contributed by atoms with Crippen LogP contribution in [-0.2, 0) is 27.2 Å². The quantitative estimate of drug-likeness (QED) is 0.622. The Balaban J connectivity index is 1.41. The summed E-state index contributed by atoms with van der Waals surface area (Å²) in [6.07, 6.45) is 5.80. The maximum Gasteiger partial charge on any atom is 0.410 e. The lowest BCUT2D eigenvalue weighted by molar-refractivity contribution is -0.127. The van der Waals surface area contributed by atoms with Gasteiger partial charge in [0.05, 0.1) is 24.1 Å². The number of nitrogens with zero attached hydrogens (tertiary/aromatic N) is 1. The van der Waals surface area contributed by atoms with Crippen molar-refractivity contribution in [3.05, 3.63) is 16.0 Å². The zero-order valence-electron chi connectivity index (χ0n) is 20.0. The Morgan fingerprint density at radius 1 is 1.15 bits per heavy atom. The van der Waals surface area contributed by atoms with E-state index in [4.69, 9.17) is 9.47 Å². The molecule has 4 bridgehead atoms. The van der Waals surface area contributed by atoms with Crippen molar-refractivity contribution in [3.63, 3.8) is 0 Å². The van der Waals surface area contributed by atoms with E-state index >= 15 is 0 Å². The third-order valence-electron chi connectivity index (χ3n) is 7.85. The van der Waals surface area contributed by atoms with E-state index in [-0.39, 0.29) is 24.5 Å². The third-order valence-corrected chi connectivity index (χ3v) is 9.06. The third kappa shape index (κ3) is 3.94. The van der Waals surface area contributed by atoms with E-state index in [1.165, 1.54) is 30.6 Å². The summed E-state index contributed by atoms with van der Waals surface area (Å²) in [7, 11) is 0. The van der Waals surface area contributed by atoms with Crippen LogP contribution in [0.25, 0.3) is 0 Å². The Morgan fingerprint density at radius 3 is 2.48 bits per heavy atom. The summed E-state index contributed by atoms with van der Waals surface area (Å²) < 4.78 is 10.9. The molecule has 5 aliphatic rings. The Kier molecular flexibility index (Phi) is 5.50. The van der Waals surface area contributed by atoms with Crippen LogP contribution in [0.15, 0.2) is 0 Å². The van der Waals surface area contributed by atoms with Crippen LogP contribution in [0.2, 0.25) is 0 Å². The molecule has 0 spiro atoms. The van der Waals surface area contributed by atoms with Gasteiger partial charge < -0.3 is 19.7 Å². The van der Waals surface area contributed by atoms with E-state index in [0.29, 0.717) is 41.3 Å². The van der Waals surface area contributed by atoms with E-state index in [9.17, 15) is 14.4 Å². The number of anilines is 1. The first-order valence-electron chi connectivity index (χ1n) is 12.2. The fraction of sp³-hybridized carbons (Fsp3) is 0.720. The van der Waals surface area contributed by atoms with Gasteiger partial charge in [-0.25, -0.2) is 9.59 Å². The number of fused-ring (bicyclic) bond motifs is 1. The molecule has 0 radical (unpaired) electrons. The number of hydrogen-bond donors (Lipinski definition) is 1. The first kappa shape index (κ1) is 22.7. The Hall–Kier alpha value is -2.09. The molecule has 4 saturated carbocycles. The molecule has 6 rings (SSSR count). The minimum atomic E-state index is -0.589. The van der Waals surface area contributed by atoms with Crippen molar-refractivity contribution < 1.29 is 23.9 Å². The van der Waals surface area contributed by atoms with Crippen molar-refractivity contribution in [2.75, 3.05) is 18.5 Å². The van der Waals surface area contributed by atoms with Crippen molar-refractivity contribution in [2.24, 2.45) is 23.2 Å². The van der Waals surface area contributed by atoms with Crippen molar-refractivity contribution in [1.82, 2.24) is 4.90 Å². The van der Waals surface area contributed by atoms with Crippen molar-refractivity contribution >= 4 is 34.3 Å². The Bertz CT molecular complexity index is 980. The number of ether oxygens (including phenoxy) is 2. The van der Waals surface area contributed by atoms with Crippen LogP contribution in [0.3, 0.4) is 0 Å². The maximum atomic E-state index is 13.6. The summed E-state index contributed by atoms with van der Waals surface area (Å²) >= 11 is 1.46. The number of thiophene rings is 1. The summed E-state index contributed by atoms with van der Waals surface area (Å²) in [4.78, 5) is 41.9. The molecule has 7 nitrogen and oxygen atoms in total. The van der Waals surface area contributed by atoms with Gasteiger partial charge in [-0.1, -0.05) is 0 Å². The molecule has 180 valence electrons. The summed E-state index contributed by atoms with van der Waals surface area (Å²) in [5.74, 6) is 1.47. The molecule has 2 amide bonds. The molecular formula is C25H34N2O5S. The lowest BCUT2D eigenvalue weighted by Crippen LogP contribution is -2.40. The summed E-state index contributed by atoms with van der Waals surface area (Å²) in [6.45, 7) is 8.34. The molecule has 2 unspecified atom stereocenters. The van der Waals surface area contributed by atoms with Crippen LogP contribution in [-0.4, -0.2) is 41.6 Å². The van der Waals surface area contributed by atoms with Gasteiger partial charge in [0.25, 0.3) is 0 Å². The largest absolute Gasteiger partial charge is 0.462 e. The lowest BCUT2D eigenvalue weighted by Gasteiger charge is -2.31. The Labute approximate surface area is 199 Å². The number of amides is 2. The van der Waals surface area contributed by atoms with E-state index in [1.54, 1.807) is 11.8 Å². The molecule has 33 heavy (non-hydrogen) atoms. The molecule has 0 aromatic carbocycles. The van der Waals surface area contributed by atoms with Gasteiger partial charge in [-0.2, -0.15) is 0 Å². The van der Waals surface area contributed by atoms with Gasteiger partial charge >= 0.3 is 12.1 Å². The molecule has 1 aromatic rings. The van der Waals surface area contributed by atoms with Gasteiger partial charge in [-0.05, 0) is 84.0 Å². The standard InChI is InChI=1S/C25H34N2O5S/c1-5-31-21(28)19-17-13-27(23(30)32-24(2,3)4)7-6-18(17)33-20(19)26-22(29)25-11-14-8-15(12-25)10-16(25)9-14/h14-16H,5-13H2,1-4H3,(H,26,29). The van der Waals surface area contributed by atoms with Gasteiger partial charge in [-0.15, -0.1) is 11.3 Å².